The molecule has 2 heterocycles. The number of carbonyl (C=O) groups excluding carboxylic acids is 1. The van der Waals surface area contributed by atoms with E-state index in [4.69, 9.17) is 0 Å². The van der Waals surface area contributed by atoms with E-state index in [9.17, 15) is 9.59 Å². The van der Waals surface area contributed by atoms with Crippen molar-refractivity contribution in [3.8, 4) is 0 Å². The standard InChI is InChI=1S/C21H24N4O2S/c1-14-9-15(2)11-17(10-14)24-21-23-16(3)12-20(27)25(21)13-19(26)22-7-6-18-5-4-8-28-18/h4-5,8-12H,6-7,13H2,1-3H3,(H,22,26)(H,23,24). The molecule has 2 aromatic heterocycles. The number of nitrogens with zero attached hydrogens (tertiary/aromatic N) is 2. The number of aromatic nitrogens is 2. The van der Waals surface area contributed by atoms with Gasteiger partial charge in [-0.3, -0.25) is 14.2 Å². The Balaban J connectivity index is 1.74. The third-order valence-corrected chi connectivity index (χ3v) is 5.13. The van der Waals surface area contributed by atoms with Crippen LogP contribution in [-0.2, 0) is 17.8 Å². The topological polar surface area (TPSA) is 76.0 Å². The Morgan fingerprint density at radius 3 is 2.57 bits per heavy atom. The van der Waals surface area contributed by atoms with Crippen LogP contribution >= 0.6 is 11.3 Å². The maximum atomic E-state index is 12.5. The molecule has 2 N–H and O–H groups in total. The van der Waals surface area contributed by atoms with E-state index in [1.54, 1.807) is 18.3 Å². The van der Waals surface area contributed by atoms with Crippen molar-refractivity contribution in [3.05, 3.63) is 73.8 Å². The van der Waals surface area contributed by atoms with Gasteiger partial charge in [0.1, 0.15) is 6.54 Å². The van der Waals surface area contributed by atoms with Gasteiger partial charge in [-0.25, -0.2) is 4.98 Å². The number of hydrogen-bond acceptors (Lipinski definition) is 5. The molecule has 0 fully saturated rings. The second kappa shape index (κ2) is 8.84. The van der Waals surface area contributed by atoms with Gasteiger partial charge in [0.2, 0.25) is 11.9 Å². The zero-order valence-corrected chi connectivity index (χ0v) is 17.1. The average Bonchev–Trinajstić information content (AvgIpc) is 3.10. The van der Waals surface area contributed by atoms with E-state index >= 15 is 0 Å². The number of amides is 1. The van der Waals surface area contributed by atoms with Gasteiger partial charge >= 0.3 is 0 Å². The Kier molecular flexibility index (Phi) is 6.26. The first-order chi connectivity index (χ1) is 13.4. The van der Waals surface area contributed by atoms with Gasteiger partial charge in [0.15, 0.2) is 0 Å². The number of anilines is 2. The number of nitrogens with one attached hydrogen (secondary N) is 2. The second-order valence-corrected chi connectivity index (χ2v) is 7.86. The molecule has 0 saturated heterocycles. The smallest absolute Gasteiger partial charge is 0.255 e. The Hall–Kier alpha value is -2.93. The van der Waals surface area contributed by atoms with Crippen LogP contribution < -0.4 is 16.2 Å². The quantitative estimate of drug-likeness (QED) is 0.642. The molecule has 7 heteroatoms. The number of hydrogen-bond donors (Lipinski definition) is 2. The molecule has 3 aromatic rings. The first-order valence-corrected chi connectivity index (χ1v) is 10.0. The van der Waals surface area contributed by atoms with Gasteiger partial charge in [0.25, 0.3) is 5.56 Å². The van der Waals surface area contributed by atoms with Crippen molar-refractivity contribution in [3.63, 3.8) is 0 Å². The number of aryl methyl sites for hydroxylation is 3. The largest absolute Gasteiger partial charge is 0.354 e. The van der Waals surface area contributed by atoms with E-state index in [2.05, 4.69) is 21.7 Å². The van der Waals surface area contributed by atoms with Crippen LogP contribution in [0.5, 0.6) is 0 Å². The van der Waals surface area contributed by atoms with Crippen molar-refractivity contribution in [2.24, 2.45) is 0 Å². The van der Waals surface area contributed by atoms with Gasteiger partial charge in [-0.2, -0.15) is 0 Å². The summed E-state index contributed by atoms with van der Waals surface area (Å²) in [6.45, 7) is 6.24. The van der Waals surface area contributed by atoms with Crippen LogP contribution in [0.4, 0.5) is 11.6 Å². The molecule has 0 aliphatic heterocycles. The van der Waals surface area contributed by atoms with Gasteiger partial charge in [0.05, 0.1) is 0 Å². The summed E-state index contributed by atoms with van der Waals surface area (Å²) in [6, 6.07) is 11.5. The summed E-state index contributed by atoms with van der Waals surface area (Å²) in [5, 5.41) is 8.08. The van der Waals surface area contributed by atoms with E-state index in [0.717, 1.165) is 23.2 Å². The van der Waals surface area contributed by atoms with Crippen LogP contribution in [0.25, 0.3) is 0 Å². The third-order valence-electron chi connectivity index (χ3n) is 4.19. The number of rotatable bonds is 7. The molecule has 0 aliphatic rings. The predicted octanol–water partition coefficient (Wildman–Crippen LogP) is 3.33. The van der Waals surface area contributed by atoms with E-state index in [1.165, 1.54) is 15.5 Å². The second-order valence-electron chi connectivity index (χ2n) is 6.83. The molecule has 0 saturated carbocycles. The monoisotopic (exact) mass is 396 g/mol. The summed E-state index contributed by atoms with van der Waals surface area (Å²) < 4.78 is 1.37. The highest BCUT2D eigenvalue weighted by atomic mass is 32.1. The molecular weight excluding hydrogens is 372 g/mol. The highest BCUT2D eigenvalue weighted by Crippen LogP contribution is 2.18. The molecule has 6 nitrogen and oxygen atoms in total. The minimum atomic E-state index is -0.257. The number of carbonyl (C=O) groups is 1. The maximum Gasteiger partial charge on any atom is 0.255 e. The molecule has 0 atom stereocenters. The lowest BCUT2D eigenvalue weighted by Crippen LogP contribution is -2.34. The minimum Gasteiger partial charge on any atom is -0.354 e. The van der Waals surface area contributed by atoms with Crippen LogP contribution in [0.2, 0.25) is 0 Å². The molecule has 0 spiro atoms. The first-order valence-electron chi connectivity index (χ1n) is 9.13. The lowest BCUT2D eigenvalue weighted by atomic mass is 10.1. The van der Waals surface area contributed by atoms with Crippen molar-refractivity contribution in [1.29, 1.82) is 0 Å². The number of thiophene rings is 1. The summed E-state index contributed by atoms with van der Waals surface area (Å²) in [6.07, 6.45) is 0.776. The lowest BCUT2D eigenvalue weighted by Gasteiger charge is -2.15. The van der Waals surface area contributed by atoms with Crippen molar-refractivity contribution in [2.75, 3.05) is 11.9 Å². The normalized spacial score (nSPS) is 10.7. The Bertz CT molecular complexity index is 1010. The SMILES string of the molecule is Cc1cc(C)cc(Nc2nc(C)cc(=O)n2CC(=O)NCCc2cccs2)c1. The van der Waals surface area contributed by atoms with Gasteiger partial charge < -0.3 is 10.6 Å². The van der Waals surface area contributed by atoms with Crippen LogP contribution in [0.15, 0.2) is 46.6 Å². The van der Waals surface area contributed by atoms with E-state index in [0.29, 0.717) is 18.2 Å². The van der Waals surface area contributed by atoms with Crippen molar-refractivity contribution in [1.82, 2.24) is 14.9 Å². The lowest BCUT2D eigenvalue weighted by molar-refractivity contribution is -0.121. The van der Waals surface area contributed by atoms with E-state index in [-0.39, 0.29) is 18.0 Å². The van der Waals surface area contributed by atoms with Crippen molar-refractivity contribution < 1.29 is 4.79 Å². The molecule has 0 aliphatic carbocycles. The van der Waals surface area contributed by atoms with Gasteiger partial charge in [-0.05, 0) is 61.9 Å². The van der Waals surface area contributed by atoms with Crippen LogP contribution in [0.1, 0.15) is 21.7 Å². The average molecular weight is 397 g/mol. The fourth-order valence-corrected chi connectivity index (χ4v) is 3.73. The fraction of sp³-hybridized carbons (Fsp3) is 0.286. The first kappa shape index (κ1) is 19.8. The molecule has 3 rings (SSSR count). The van der Waals surface area contributed by atoms with Crippen LogP contribution in [0.3, 0.4) is 0 Å². The Morgan fingerprint density at radius 2 is 1.89 bits per heavy atom. The molecule has 28 heavy (non-hydrogen) atoms. The highest BCUT2D eigenvalue weighted by molar-refractivity contribution is 7.09. The minimum absolute atomic E-state index is 0.0797. The Morgan fingerprint density at radius 1 is 1.14 bits per heavy atom. The van der Waals surface area contributed by atoms with E-state index in [1.807, 2.05) is 43.5 Å². The molecule has 1 amide bonds. The summed E-state index contributed by atoms with van der Waals surface area (Å²) >= 11 is 1.66. The zero-order valence-electron chi connectivity index (χ0n) is 16.3. The van der Waals surface area contributed by atoms with Crippen molar-refractivity contribution in [2.45, 2.75) is 33.7 Å². The predicted molar refractivity (Wildman–Crippen MR) is 113 cm³/mol. The zero-order chi connectivity index (χ0) is 20.1. The van der Waals surface area contributed by atoms with E-state index < -0.39 is 0 Å². The van der Waals surface area contributed by atoms with Gasteiger partial charge in [0, 0.05) is 28.9 Å². The highest BCUT2D eigenvalue weighted by Gasteiger charge is 2.12. The molecule has 0 unspecified atom stereocenters. The van der Waals surface area contributed by atoms with Gasteiger partial charge in [-0.1, -0.05) is 12.1 Å². The maximum absolute atomic E-state index is 12.5. The Labute approximate surface area is 168 Å². The number of benzene rings is 1. The summed E-state index contributed by atoms with van der Waals surface area (Å²) in [5.74, 6) is 0.149. The van der Waals surface area contributed by atoms with Gasteiger partial charge in [-0.15, -0.1) is 11.3 Å². The molecule has 146 valence electrons. The molecule has 0 bridgehead atoms. The third kappa shape index (κ3) is 5.29. The molecular formula is C21H24N4O2S. The molecule has 0 radical (unpaired) electrons. The van der Waals surface area contributed by atoms with Crippen LogP contribution in [-0.4, -0.2) is 22.0 Å². The summed E-state index contributed by atoms with van der Waals surface area (Å²) in [7, 11) is 0. The summed E-state index contributed by atoms with van der Waals surface area (Å²) in [5.41, 5.74) is 3.40. The fourth-order valence-electron chi connectivity index (χ4n) is 3.02. The summed E-state index contributed by atoms with van der Waals surface area (Å²) in [4.78, 5) is 30.5. The van der Waals surface area contributed by atoms with Crippen LogP contribution in [0, 0.1) is 20.8 Å². The van der Waals surface area contributed by atoms with Crippen molar-refractivity contribution >= 4 is 28.9 Å². The molecule has 1 aromatic carbocycles.